The van der Waals surface area contributed by atoms with Crippen molar-refractivity contribution in [3.05, 3.63) is 35.4 Å². The Morgan fingerprint density at radius 2 is 2.12 bits per heavy atom. The molecule has 0 aliphatic rings. The Morgan fingerprint density at radius 3 is 2.76 bits per heavy atom. The number of benzene rings is 1. The normalized spacial score (nSPS) is 11.6. The van der Waals surface area contributed by atoms with Crippen molar-refractivity contribution in [2.75, 3.05) is 20.3 Å². The van der Waals surface area contributed by atoms with Crippen molar-refractivity contribution in [3.8, 4) is 0 Å². The fraction of sp³-hybridized carbons (Fsp3) is 0.500. The Labute approximate surface area is 103 Å². The second kappa shape index (κ2) is 6.74. The van der Waals surface area contributed by atoms with E-state index >= 15 is 0 Å². The van der Waals surface area contributed by atoms with E-state index in [0.717, 1.165) is 11.1 Å². The fourth-order valence-electron chi connectivity index (χ4n) is 1.52. The molecule has 0 spiro atoms. The van der Waals surface area contributed by atoms with Crippen molar-refractivity contribution in [1.29, 1.82) is 0 Å². The summed E-state index contributed by atoms with van der Waals surface area (Å²) in [7, 11) is -1.64. The van der Waals surface area contributed by atoms with Crippen LogP contribution >= 0.6 is 0 Å². The quantitative estimate of drug-likeness (QED) is 0.752. The van der Waals surface area contributed by atoms with Crippen LogP contribution in [-0.4, -0.2) is 28.7 Å². The molecular weight excluding hydrogens is 238 g/mol. The zero-order chi connectivity index (χ0) is 12.7. The monoisotopic (exact) mass is 257 g/mol. The van der Waals surface area contributed by atoms with Crippen molar-refractivity contribution in [2.24, 2.45) is 0 Å². The molecule has 1 aromatic rings. The van der Waals surface area contributed by atoms with Crippen LogP contribution in [0.5, 0.6) is 0 Å². The SMILES string of the molecule is COCCCNS(=O)(=O)Cc1cccc(C)c1. The first-order valence-corrected chi connectivity index (χ1v) is 7.20. The zero-order valence-corrected chi connectivity index (χ0v) is 11.1. The summed E-state index contributed by atoms with van der Waals surface area (Å²) in [6, 6.07) is 7.52. The third-order valence-electron chi connectivity index (χ3n) is 2.29. The summed E-state index contributed by atoms with van der Waals surface area (Å²) in [5.74, 6) is 0.0294. The lowest BCUT2D eigenvalue weighted by Crippen LogP contribution is -2.26. The zero-order valence-electron chi connectivity index (χ0n) is 10.3. The molecule has 0 aliphatic heterocycles. The molecule has 0 saturated carbocycles. The van der Waals surface area contributed by atoms with Crippen molar-refractivity contribution in [1.82, 2.24) is 4.72 Å². The summed E-state index contributed by atoms with van der Waals surface area (Å²) in [6.07, 6.45) is 0.684. The van der Waals surface area contributed by atoms with Gasteiger partial charge in [0.2, 0.25) is 10.0 Å². The lowest BCUT2D eigenvalue weighted by molar-refractivity contribution is 0.196. The molecule has 17 heavy (non-hydrogen) atoms. The number of hydrogen-bond acceptors (Lipinski definition) is 3. The van der Waals surface area contributed by atoms with E-state index in [0.29, 0.717) is 19.6 Å². The maximum atomic E-state index is 11.7. The van der Waals surface area contributed by atoms with Gasteiger partial charge in [0.1, 0.15) is 0 Å². The highest BCUT2D eigenvalue weighted by molar-refractivity contribution is 7.88. The topological polar surface area (TPSA) is 55.4 Å². The van der Waals surface area contributed by atoms with Crippen LogP contribution in [0.3, 0.4) is 0 Å². The molecule has 4 nitrogen and oxygen atoms in total. The molecular formula is C12H19NO3S. The van der Waals surface area contributed by atoms with Gasteiger partial charge in [-0.25, -0.2) is 13.1 Å². The lowest BCUT2D eigenvalue weighted by atomic mass is 10.2. The Bertz CT molecular complexity index is 443. The van der Waals surface area contributed by atoms with Gasteiger partial charge in [-0.15, -0.1) is 0 Å². The van der Waals surface area contributed by atoms with Crippen molar-refractivity contribution < 1.29 is 13.2 Å². The van der Waals surface area contributed by atoms with E-state index in [2.05, 4.69) is 4.72 Å². The Kier molecular flexibility index (Phi) is 5.61. The molecule has 96 valence electrons. The van der Waals surface area contributed by atoms with E-state index in [1.807, 2.05) is 31.2 Å². The predicted octanol–water partition coefficient (Wildman–Crippen LogP) is 1.45. The summed E-state index contributed by atoms with van der Waals surface area (Å²) in [6.45, 7) is 2.93. The Morgan fingerprint density at radius 1 is 1.35 bits per heavy atom. The van der Waals surface area contributed by atoms with Crippen molar-refractivity contribution in [3.63, 3.8) is 0 Å². The van der Waals surface area contributed by atoms with Crippen LogP contribution in [0.25, 0.3) is 0 Å². The van der Waals surface area contributed by atoms with Crippen LogP contribution in [0.2, 0.25) is 0 Å². The second-order valence-corrected chi connectivity index (χ2v) is 5.80. The molecule has 1 rings (SSSR count). The van der Waals surface area contributed by atoms with E-state index in [1.54, 1.807) is 7.11 Å². The van der Waals surface area contributed by atoms with Gasteiger partial charge < -0.3 is 4.74 Å². The average Bonchev–Trinajstić information content (AvgIpc) is 2.24. The maximum absolute atomic E-state index is 11.7. The van der Waals surface area contributed by atoms with Gasteiger partial charge in [0.25, 0.3) is 0 Å². The van der Waals surface area contributed by atoms with E-state index in [9.17, 15) is 8.42 Å². The molecule has 0 atom stereocenters. The number of aryl methyl sites for hydroxylation is 1. The number of methoxy groups -OCH3 is 1. The van der Waals surface area contributed by atoms with Crippen molar-refractivity contribution >= 4 is 10.0 Å². The standard InChI is InChI=1S/C12H19NO3S/c1-11-5-3-6-12(9-11)10-17(14,15)13-7-4-8-16-2/h3,5-6,9,13H,4,7-8,10H2,1-2H3. The minimum absolute atomic E-state index is 0.0294. The summed E-state index contributed by atoms with van der Waals surface area (Å²) >= 11 is 0. The molecule has 1 N–H and O–H groups in total. The maximum Gasteiger partial charge on any atom is 0.215 e. The first kappa shape index (κ1) is 14.2. The molecule has 0 unspecified atom stereocenters. The highest BCUT2D eigenvalue weighted by Crippen LogP contribution is 2.07. The molecule has 0 amide bonds. The third kappa shape index (κ3) is 5.81. The van der Waals surface area contributed by atoms with Gasteiger partial charge in [-0.05, 0) is 18.9 Å². The molecule has 0 fully saturated rings. The Balaban J connectivity index is 2.49. The summed E-state index contributed by atoms with van der Waals surface area (Å²) in [5, 5.41) is 0. The van der Waals surface area contributed by atoms with Crippen LogP contribution in [0.1, 0.15) is 17.5 Å². The van der Waals surface area contributed by atoms with Crippen LogP contribution in [0, 0.1) is 6.92 Å². The van der Waals surface area contributed by atoms with E-state index in [4.69, 9.17) is 4.74 Å². The van der Waals surface area contributed by atoms with Gasteiger partial charge in [0.15, 0.2) is 0 Å². The highest BCUT2D eigenvalue weighted by atomic mass is 32.2. The molecule has 0 bridgehead atoms. The van der Waals surface area contributed by atoms with Gasteiger partial charge in [-0.1, -0.05) is 29.8 Å². The molecule has 0 radical (unpaired) electrons. The number of nitrogens with one attached hydrogen (secondary N) is 1. The second-order valence-electron chi connectivity index (χ2n) is 3.99. The number of ether oxygens (including phenoxy) is 1. The Hall–Kier alpha value is -0.910. The molecule has 0 heterocycles. The predicted molar refractivity (Wildman–Crippen MR) is 68.3 cm³/mol. The van der Waals surface area contributed by atoms with Crippen molar-refractivity contribution in [2.45, 2.75) is 19.1 Å². The van der Waals surface area contributed by atoms with Crippen LogP contribution < -0.4 is 4.72 Å². The highest BCUT2D eigenvalue weighted by Gasteiger charge is 2.10. The van der Waals surface area contributed by atoms with Crippen LogP contribution in [0.4, 0.5) is 0 Å². The summed E-state index contributed by atoms with van der Waals surface area (Å²) in [4.78, 5) is 0. The fourth-order valence-corrected chi connectivity index (χ4v) is 2.69. The first-order valence-electron chi connectivity index (χ1n) is 5.55. The first-order chi connectivity index (χ1) is 8.03. The number of rotatable bonds is 7. The largest absolute Gasteiger partial charge is 0.385 e. The van der Waals surface area contributed by atoms with E-state index in [1.165, 1.54) is 0 Å². The van der Waals surface area contributed by atoms with Gasteiger partial charge in [0.05, 0.1) is 5.75 Å². The lowest BCUT2D eigenvalue weighted by Gasteiger charge is -2.07. The average molecular weight is 257 g/mol. The number of hydrogen-bond donors (Lipinski definition) is 1. The third-order valence-corrected chi connectivity index (χ3v) is 3.64. The minimum atomic E-state index is -3.24. The minimum Gasteiger partial charge on any atom is -0.385 e. The van der Waals surface area contributed by atoms with Gasteiger partial charge >= 0.3 is 0 Å². The van der Waals surface area contributed by atoms with Crippen LogP contribution in [0.15, 0.2) is 24.3 Å². The van der Waals surface area contributed by atoms with E-state index in [-0.39, 0.29) is 5.75 Å². The van der Waals surface area contributed by atoms with Crippen LogP contribution in [-0.2, 0) is 20.5 Å². The molecule has 5 heteroatoms. The molecule has 0 aliphatic carbocycles. The number of sulfonamides is 1. The molecule has 0 aromatic heterocycles. The molecule has 0 saturated heterocycles. The summed E-state index contributed by atoms with van der Waals surface area (Å²) < 4.78 is 30.9. The van der Waals surface area contributed by atoms with Gasteiger partial charge in [0, 0.05) is 20.3 Å². The molecule has 1 aromatic carbocycles. The van der Waals surface area contributed by atoms with Gasteiger partial charge in [-0.3, -0.25) is 0 Å². The summed E-state index contributed by atoms with van der Waals surface area (Å²) in [5.41, 5.74) is 1.88. The van der Waals surface area contributed by atoms with E-state index < -0.39 is 10.0 Å². The van der Waals surface area contributed by atoms with Gasteiger partial charge in [-0.2, -0.15) is 0 Å². The smallest absolute Gasteiger partial charge is 0.215 e.